The molecule has 0 saturated heterocycles. The summed E-state index contributed by atoms with van der Waals surface area (Å²) in [6.07, 6.45) is 3.05. The van der Waals surface area contributed by atoms with Crippen LogP contribution in [0.2, 0.25) is 0 Å². The van der Waals surface area contributed by atoms with Crippen molar-refractivity contribution in [3.05, 3.63) is 35.1 Å². The van der Waals surface area contributed by atoms with Crippen LogP contribution in [0.1, 0.15) is 30.4 Å². The van der Waals surface area contributed by atoms with E-state index in [0.717, 1.165) is 24.8 Å². The second-order valence-electron chi connectivity index (χ2n) is 4.43. The van der Waals surface area contributed by atoms with Crippen molar-refractivity contribution in [2.75, 3.05) is 0 Å². The lowest BCUT2D eigenvalue weighted by Crippen LogP contribution is -2.17. The maximum absolute atomic E-state index is 13.1. The number of nitrogens with two attached hydrogens (primary N) is 1. The molecule has 2 unspecified atom stereocenters. The van der Waals surface area contributed by atoms with E-state index >= 15 is 0 Å². The van der Waals surface area contributed by atoms with Gasteiger partial charge in [-0.1, -0.05) is 6.07 Å². The number of ether oxygens (including phenoxy) is 1. The number of benzene rings is 1. The molecule has 1 fully saturated rings. The molecule has 4 heteroatoms. The molecule has 0 heterocycles. The molecule has 1 aromatic rings. The van der Waals surface area contributed by atoms with E-state index in [1.54, 1.807) is 6.07 Å². The van der Waals surface area contributed by atoms with E-state index in [9.17, 15) is 4.39 Å². The highest BCUT2D eigenvalue weighted by atomic mass is 19.1. The van der Waals surface area contributed by atoms with Crippen LogP contribution >= 0.6 is 0 Å². The Labute approximate surface area is 100.0 Å². The van der Waals surface area contributed by atoms with Gasteiger partial charge in [-0.05, 0) is 37.0 Å². The highest BCUT2D eigenvalue weighted by Gasteiger charge is 2.22. The zero-order valence-electron chi connectivity index (χ0n) is 9.53. The van der Waals surface area contributed by atoms with Crippen LogP contribution in [0, 0.1) is 17.1 Å². The summed E-state index contributed by atoms with van der Waals surface area (Å²) in [6, 6.07) is 6.54. The van der Waals surface area contributed by atoms with Crippen molar-refractivity contribution >= 4 is 0 Å². The summed E-state index contributed by atoms with van der Waals surface area (Å²) >= 11 is 0. The fourth-order valence-corrected chi connectivity index (χ4v) is 2.09. The number of halogens is 1. The van der Waals surface area contributed by atoms with Gasteiger partial charge in [0, 0.05) is 6.04 Å². The van der Waals surface area contributed by atoms with Crippen molar-refractivity contribution in [2.45, 2.75) is 38.0 Å². The Balaban J connectivity index is 1.93. The summed E-state index contributed by atoms with van der Waals surface area (Å²) in [4.78, 5) is 0. The van der Waals surface area contributed by atoms with Crippen LogP contribution in [0.3, 0.4) is 0 Å². The Morgan fingerprint density at radius 1 is 1.47 bits per heavy atom. The van der Waals surface area contributed by atoms with E-state index < -0.39 is 5.82 Å². The third-order valence-electron chi connectivity index (χ3n) is 3.06. The van der Waals surface area contributed by atoms with E-state index in [1.165, 1.54) is 12.1 Å². The predicted octanol–water partition coefficient (Wildman–Crippen LogP) is 2.09. The molecule has 0 amide bonds. The number of nitriles is 1. The maximum atomic E-state index is 13.1. The summed E-state index contributed by atoms with van der Waals surface area (Å²) < 4.78 is 18.8. The molecule has 0 aliphatic heterocycles. The fraction of sp³-hybridized carbons (Fsp3) is 0.462. The van der Waals surface area contributed by atoms with Crippen molar-refractivity contribution in [2.24, 2.45) is 5.73 Å². The number of rotatable bonds is 3. The van der Waals surface area contributed by atoms with Gasteiger partial charge in [0.1, 0.15) is 11.9 Å². The first kappa shape index (κ1) is 12.0. The second-order valence-corrected chi connectivity index (χ2v) is 4.43. The maximum Gasteiger partial charge on any atom is 0.140 e. The molecule has 1 aromatic carbocycles. The normalized spacial score (nSPS) is 23.6. The van der Waals surface area contributed by atoms with Crippen molar-refractivity contribution in [3.8, 4) is 6.07 Å². The molecule has 0 aromatic heterocycles. The Hall–Kier alpha value is -1.44. The standard InChI is InChI=1S/C13H15FN2O/c14-13-4-1-9(5-10(13)7-15)8-17-12-3-2-11(16)6-12/h1,4-5,11-12H,2-3,6,8,16H2. The molecule has 1 saturated carbocycles. The molecule has 90 valence electrons. The fourth-order valence-electron chi connectivity index (χ4n) is 2.09. The van der Waals surface area contributed by atoms with Crippen LogP contribution in [-0.4, -0.2) is 12.1 Å². The van der Waals surface area contributed by atoms with Crippen LogP contribution in [0.5, 0.6) is 0 Å². The van der Waals surface area contributed by atoms with Gasteiger partial charge in [0.25, 0.3) is 0 Å². The minimum absolute atomic E-state index is 0.0641. The van der Waals surface area contributed by atoms with Crippen LogP contribution < -0.4 is 5.73 Å². The van der Waals surface area contributed by atoms with Crippen LogP contribution in [0.4, 0.5) is 4.39 Å². The zero-order chi connectivity index (χ0) is 12.3. The number of nitrogens with zero attached hydrogens (tertiary/aromatic N) is 1. The molecule has 0 spiro atoms. The topological polar surface area (TPSA) is 59.0 Å². The summed E-state index contributed by atoms with van der Waals surface area (Å²) in [6.45, 7) is 0.409. The first-order chi connectivity index (χ1) is 8.19. The molecule has 2 N–H and O–H groups in total. The highest BCUT2D eigenvalue weighted by molar-refractivity contribution is 5.34. The van der Waals surface area contributed by atoms with Gasteiger partial charge in [-0.2, -0.15) is 5.26 Å². The van der Waals surface area contributed by atoms with Crippen LogP contribution in [0.25, 0.3) is 0 Å². The molecule has 3 nitrogen and oxygen atoms in total. The Morgan fingerprint density at radius 3 is 2.94 bits per heavy atom. The average Bonchev–Trinajstić information content (AvgIpc) is 2.74. The van der Waals surface area contributed by atoms with Gasteiger partial charge in [0.05, 0.1) is 18.3 Å². The Morgan fingerprint density at radius 2 is 2.29 bits per heavy atom. The smallest absolute Gasteiger partial charge is 0.140 e. The van der Waals surface area contributed by atoms with Gasteiger partial charge in [-0.15, -0.1) is 0 Å². The third kappa shape index (κ3) is 3.02. The van der Waals surface area contributed by atoms with E-state index in [-0.39, 0.29) is 17.7 Å². The zero-order valence-corrected chi connectivity index (χ0v) is 9.53. The number of hydrogen-bond acceptors (Lipinski definition) is 3. The molecule has 1 aliphatic carbocycles. The molecular formula is C13H15FN2O. The minimum Gasteiger partial charge on any atom is -0.373 e. The van der Waals surface area contributed by atoms with E-state index in [0.29, 0.717) is 6.61 Å². The Kier molecular flexibility index (Phi) is 3.72. The highest BCUT2D eigenvalue weighted by Crippen LogP contribution is 2.22. The van der Waals surface area contributed by atoms with Gasteiger partial charge in [0.2, 0.25) is 0 Å². The van der Waals surface area contributed by atoms with Gasteiger partial charge in [0.15, 0.2) is 0 Å². The van der Waals surface area contributed by atoms with Gasteiger partial charge in [-0.25, -0.2) is 4.39 Å². The van der Waals surface area contributed by atoms with E-state index in [4.69, 9.17) is 15.7 Å². The second kappa shape index (κ2) is 5.26. The molecule has 0 radical (unpaired) electrons. The summed E-state index contributed by atoms with van der Waals surface area (Å²) in [5.74, 6) is -0.487. The lowest BCUT2D eigenvalue weighted by atomic mass is 10.1. The largest absolute Gasteiger partial charge is 0.373 e. The minimum atomic E-state index is -0.487. The van der Waals surface area contributed by atoms with E-state index in [1.807, 2.05) is 6.07 Å². The van der Waals surface area contributed by atoms with E-state index in [2.05, 4.69) is 0 Å². The molecule has 17 heavy (non-hydrogen) atoms. The summed E-state index contributed by atoms with van der Waals surface area (Å²) in [7, 11) is 0. The summed E-state index contributed by atoms with van der Waals surface area (Å²) in [5.41, 5.74) is 6.67. The third-order valence-corrected chi connectivity index (χ3v) is 3.06. The quantitative estimate of drug-likeness (QED) is 0.871. The lowest BCUT2D eigenvalue weighted by molar-refractivity contribution is 0.0448. The Bertz CT molecular complexity index is 442. The van der Waals surface area contributed by atoms with Gasteiger partial charge >= 0.3 is 0 Å². The molecule has 1 aliphatic rings. The van der Waals surface area contributed by atoms with Crippen LogP contribution in [-0.2, 0) is 11.3 Å². The molecule has 0 bridgehead atoms. The molecule has 2 rings (SSSR count). The SMILES string of the molecule is N#Cc1cc(COC2CCC(N)C2)ccc1F. The van der Waals surface area contributed by atoms with Crippen molar-refractivity contribution in [3.63, 3.8) is 0 Å². The van der Waals surface area contributed by atoms with Crippen molar-refractivity contribution < 1.29 is 9.13 Å². The first-order valence-corrected chi connectivity index (χ1v) is 5.74. The van der Waals surface area contributed by atoms with Crippen LogP contribution in [0.15, 0.2) is 18.2 Å². The van der Waals surface area contributed by atoms with Crippen molar-refractivity contribution in [1.82, 2.24) is 0 Å². The van der Waals surface area contributed by atoms with Crippen molar-refractivity contribution in [1.29, 1.82) is 5.26 Å². The van der Waals surface area contributed by atoms with Gasteiger partial charge in [-0.3, -0.25) is 0 Å². The lowest BCUT2D eigenvalue weighted by Gasteiger charge is -2.11. The molecular weight excluding hydrogens is 219 g/mol. The number of hydrogen-bond donors (Lipinski definition) is 1. The molecule has 2 atom stereocenters. The van der Waals surface area contributed by atoms with Gasteiger partial charge < -0.3 is 10.5 Å². The summed E-state index contributed by atoms with van der Waals surface area (Å²) in [5, 5.41) is 8.71. The monoisotopic (exact) mass is 234 g/mol. The first-order valence-electron chi connectivity index (χ1n) is 5.74. The predicted molar refractivity (Wildman–Crippen MR) is 61.5 cm³/mol. The average molecular weight is 234 g/mol.